The summed E-state index contributed by atoms with van der Waals surface area (Å²) in [7, 11) is -3.28. The lowest BCUT2D eigenvalue weighted by Gasteiger charge is -2.35. The van der Waals surface area contributed by atoms with E-state index in [1.165, 1.54) is 34.8 Å². The van der Waals surface area contributed by atoms with E-state index in [2.05, 4.69) is 10.2 Å². The van der Waals surface area contributed by atoms with Crippen molar-refractivity contribution in [2.45, 2.75) is 38.1 Å². The maximum absolute atomic E-state index is 13.6. The molecule has 2 aliphatic rings. The number of benzene rings is 2. The average Bonchev–Trinajstić information content (AvgIpc) is 2.93. The summed E-state index contributed by atoms with van der Waals surface area (Å²) in [5.41, 5.74) is 1.12. The van der Waals surface area contributed by atoms with Crippen LogP contribution in [-0.2, 0) is 14.8 Å². The molecule has 2 fully saturated rings. The summed E-state index contributed by atoms with van der Waals surface area (Å²) in [6.45, 7) is 3.58. The number of hydrogen-bond acceptors (Lipinski definition) is 5. The highest BCUT2D eigenvalue weighted by molar-refractivity contribution is 7.88. The number of anilines is 1. The maximum atomic E-state index is 13.6. The molecule has 2 saturated heterocycles. The molecule has 12 heteroatoms. The van der Waals surface area contributed by atoms with Crippen LogP contribution in [0.1, 0.15) is 42.5 Å². The van der Waals surface area contributed by atoms with Gasteiger partial charge < -0.3 is 15.1 Å². The second-order valence-electron chi connectivity index (χ2n) is 10.5. The first-order chi connectivity index (χ1) is 19.0. The van der Waals surface area contributed by atoms with E-state index in [0.29, 0.717) is 53.8 Å². The number of carbonyl (C=O) groups is 2. The number of amides is 2. The molecule has 0 aromatic heterocycles. The van der Waals surface area contributed by atoms with Gasteiger partial charge in [-0.1, -0.05) is 23.2 Å². The highest BCUT2D eigenvalue weighted by Crippen LogP contribution is 2.30. The van der Waals surface area contributed by atoms with Crippen LogP contribution < -0.4 is 10.2 Å². The Balaban J connectivity index is 1.30. The van der Waals surface area contributed by atoms with Crippen LogP contribution in [0.4, 0.5) is 10.1 Å². The van der Waals surface area contributed by atoms with Crippen LogP contribution in [0.2, 0.25) is 10.0 Å². The Kier molecular flexibility index (Phi) is 10.5. The normalized spacial score (nSPS) is 18.0. The summed E-state index contributed by atoms with van der Waals surface area (Å²) >= 11 is 12.4. The van der Waals surface area contributed by atoms with Gasteiger partial charge in [-0.05, 0) is 81.1 Å². The van der Waals surface area contributed by atoms with Gasteiger partial charge in [0.05, 0.1) is 16.3 Å². The molecule has 40 heavy (non-hydrogen) atoms. The van der Waals surface area contributed by atoms with Crippen molar-refractivity contribution in [3.63, 3.8) is 0 Å². The largest absolute Gasteiger partial charge is 0.349 e. The molecular formula is C28H35Cl2FN4O4S. The Morgan fingerprint density at radius 3 is 2.23 bits per heavy atom. The topological polar surface area (TPSA) is 90.0 Å². The van der Waals surface area contributed by atoms with Gasteiger partial charge in [0, 0.05) is 55.9 Å². The Morgan fingerprint density at radius 1 is 0.975 bits per heavy atom. The fourth-order valence-electron chi connectivity index (χ4n) is 5.30. The molecule has 0 saturated carbocycles. The van der Waals surface area contributed by atoms with Gasteiger partial charge in [-0.2, -0.15) is 0 Å². The van der Waals surface area contributed by atoms with Crippen LogP contribution >= 0.6 is 23.2 Å². The Morgan fingerprint density at radius 2 is 1.62 bits per heavy atom. The number of nitrogens with one attached hydrogen (secondary N) is 1. The lowest BCUT2D eigenvalue weighted by molar-refractivity contribution is -0.123. The van der Waals surface area contributed by atoms with Crippen molar-refractivity contribution in [2.75, 3.05) is 50.4 Å². The van der Waals surface area contributed by atoms with Crippen LogP contribution in [0, 0.1) is 11.7 Å². The van der Waals surface area contributed by atoms with Crippen LogP contribution in [0.3, 0.4) is 0 Å². The lowest BCUT2D eigenvalue weighted by Crippen LogP contribution is -2.46. The zero-order chi connectivity index (χ0) is 28.9. The molecule has 4 rings (SSSR count). The highest BCUT2D eigenvalue weighted by atomic mass is 35.5. The second kappa shape index (κ2) is 13.6. The number of rotatable bonds is 9. The molecule has 0 spiro atoms. The SMILES string of the molecule is CS(=O)(=O)N1CCC(C(=O)N(CCCN2CCC(NC(=O)c3ccc(F)cc3)CC2)c2ccc(Cl)c(Cl)c2)CC1. The predicted octanol–water partition coefficient (Wildman–Crippen LogP) is 4.42. The Bertz CT molecular complexity index is 1300. The molecule has 2 aromatic carbocycles. The minimum Gasteiger partial charge on any atom is -0.349 e. The van der Waals surface area contributed by atoms with E-state index >= 15 is 0 Å². The van der Waals surface area contributed by atoms with Crippen LogP contribution in [0.5, 0.6) is 0 Å². The standard InChI is InChI=1S/C28H35Cl2FN4O4S/c1-40(38,39)34-17-9-21(10-18-34)28(37)35(24-7-8-25(29)26(30)19-24)14-2-13-33-15-11-23(12-16-33)32-27(36)20-3-5-22(31)6-4-20/h3-8,19,21,23H,2,9-18H2,1H3,(H,32,36). The van der Waals surface area contributed by atoms with E-state index in [9.17, 15) is 22.4 Å². The number of halogens is 3. The van der Waals surface area contributed by atoms with Crippen LogP contribution in [0.25, 0.3) is 0 Å². The fraction of sp³-hybridized carbons (Fsp3) is 0.500. The molecule has 0 atom stereocenters. The van der Waals surface area contributed by atoms with E-state index in [1.807, 2.05) is 0 Å². The number of piperidine rings is 2. The summed E-state index contributed by atoms with van der Waals surface area (Å²) in [6, 6.07) is 10.7. The van der Waals surface area contributed by atoms with E-state index in [4.69, 9.17) is 23.2 Å². The van der Waals surface area contributed by atoms with Crippen molar-refractivity contribution in [3.8, 4) is 0 Å². The molecule has 218 valence electrons. The van der Waals surface area contributed by atoms with Crippen molar-refractivity contribution in [3.05, 3.63) is 63.9 Å². The van der Waals surface area contributed by atoms with Crippen molar-refractivity contribution in [1.29, 1.82) is 0 Å². The highest BCUT2D eigenvalue weighted by Gasteiger charge is 2.32. The van der Waals surface area contributed by atoms with Gasteiger partial charge in [-0.3, -0.25) is 9.59 Å². The number of carbonyl (C=O) groups excluding carboxylic acids is 2. The number of hydrogen-bond donors (Lipinski definition) is 1. The first-order valence-corrected chi connectivity index (χ1v) is 16.1. The fourth-order valence-corrected chi connectivity index (χ4v) is 6.46. The summed E-state index contributed by atoms with van der Waals surface area (Å²) < 4.78 is 38.3. The van der Waals surface area contributed by atoms with Crippen molar-refractivity contribution in [1.82, 2.24) is 14.5 Å². The third-order valence-corrected chi connectivity index (χ3v) is 9.68. The van der Waals surface area contributed by atoms with Gasteiger partial charge >= 0.3 is 0 Å². The first-order valence-electron chi connectivity index (χ1n) is 13.5. The third kappa shape index (κ3) is 8.16. The summed E-state index contributed by atoms with van der Waals surface area (Å²) in [5, 5.41) is 3.82. The third-order valence-electron chi connectivity index (χ3n) is 7.64. The first kappa shape index (κ1) is 30.7. The van der Waals surface area contributed by atoms with Crippen molar-refractivity contribution in [2.24, 2.45) is 5.92 Å². The second-order valence-corrected chi connectivity index (χ2v) is 13.3. The molecular weight excluding hydrogens is 578 g/mol. The summed E-state index contributed by atoms with van der Waals surface area (Å²) in [4.78, 5) is 30.2. The smallest absolute Gasteiger partial charge is 0.251 e. The number of likely N-dealkylation sites (tertiary alicyclic amines) is 1. The molecule has 2 aliphatic heterocycles. The van der Waals surface area contributed by atoms with Gasteiger partial charge in [0.15, 0.2) is 0 Å². The zero-order valence-electron chi connectivity index (χ0n) is 22.5. The minimum atomic E-state index is -3.28. The quantitative estimate of drug-likeness (QED) is 0.453. The van der Waals surface area contributed by atoms with Crippen LogP contribution in [-0.4, -0.2) is 81.0 Å². The Labute approximate surface area is 245 Å². The van der Waals surface area contributed by atoms with E-state index in [-0.39, 0.29) is 29.6 Å². The van der Waals surface area contributed by atoms with Gasteiger partial charge in [-0.25, -0.2) is 17.1 Å². The summed E-state index contributed by atoms with van der Waals surface area (Å²) in [6.07, 6.45) is 4.49. The lowest BCUT2D eigenvalue weighted by atomic mass is 9.96. The van der Waals surface area contributed by atoms with Gasteiger partial charge in [-0.15, -0.1) is 0 Å². The monoisotopic (exact) mass is 612 g/mol. The minimum absolute atomic E-state index is 0.0336. The molecule has 0 aliphatic carbocycles. The van der Waals surface area contributed by atoms with Crippen LogP contribution in [0.15, 0.2) is 42.5 Å². The molecule has 8 nitrogen and oxygen atoms in total. The maximum Gasteiger partial charge on any atom is 0.251 e. The van der Waals surface area contributed by atoms with E-state index < -0.39 is 10.0 Å². The van der Waals surface area contributed by atoms with Crippen molar-refractivity contribution < 1.29 is 22.4 Å². The molecule has 0 bridgehead atoms. The van der Waals surface area contributed by atoms with Crippen molar-refractivity contribution >= 4 is 50.7 Å². The molecule has 1 N–H and O–H groups in total. The molecule has 2 aromatic rings. The molecule has 2 heterocycles. The van der Waals surface area contributed by atoms with E-state index in [1.54, 1.807) is 23.1 Å². The van der Waals surface area contributed by atoms with E-state index in [0.717, 1.165) is 38.9 Å². The zero-order valence-corrected chi connectivity index (χ0v) is 24.8. The number of nitrogens with zero attached hydrogens (tertiary/aromatic N) is 3. The average molecular weight is 614 g/mol. The molecule has 0 radical (unpaired) electrons. The number of sulfonamides is 1. The predicted molar refractivity (Wildman–Crippen MR) is 156 cm³/mol. The van der Waals surface area contributed by atoms with Gasteiger partial charge in [0.25, 0.3) is 5.91 Å². The van der Waals surface area contributed by atoms with Gasteiger partial charge in [0.2, 0.25) is 15.9 Å². The molecule has 2 amide bonds. The summed E-state index contributed by atoms with van der Waals surface area (Å²) in [5.74, 6) is -0.875. The van der Waals surface area contributed by atoms with Gasteiger partial charge in [0.1, 0.15) is 5.82 Å². The Hall–Kier alpha value is -2.24. The molecule has 0 unspecified atom stereocenters.